The van der Waals surface area contributed by atoms with E-state index in [1.165, 1.54) is 19.3 Å². The lowest BCUT2D eigenvalue weighted by atomic mass is 9.71. The summed E-state index contributed by atoms with van der Waals surface area (Å²) in [6, 6.07) is -0.585. The molecule has 2 saturated carbocycles. The minimum Gasteiger partial charge on any atom is -0.350 e. The van der Waals surface area contributed by atoms with E-state index in [9.17, 15) is 4.79 Å². The average Bonchev–Trinajstić information content (AvgIpc) is 2.57. The highest BCUT2D eigenvalue weighted by molar-refractivity contribution is 5.86. The Kier molecular flexibility index (Phi) is 2.71. The summed E-state index contributed by atoms with van der Waals surface area (Å²) >= 11 is 0. The molecule has 0 heterocycles. The van der Waals surface area contributed by atoms with Gasteiger partial charge >= 0.3 is 6.03 Å². The van der Waals surface area contributed by atoms with Crippen LogP contribution in [0.25, 0.3) is 0 Å². The summed E-state index contributed by atoms with van der Waals surface area (Å²) in [5, 5.41) is 4.11. The molecule has 0 aliphatic heterocycles. The highest BCUT2D eigenvalue weighted by Gasteiger charge is 2.60. The zero-order valence-electron chi connectivity index (χ0n) is 11.2. The molecule has 0 spiro atoms. The van der Waals surface area contributed by atoms with Crippen molar-refractivity contribution < 1.29 is 4.79 Å². The van der Waals surface area contributed by atoms with Crippen LogP contribution < -0.4 is 11.2 Å². The molecule has 4 nitrogen and oxygen atoms in total. The number of nitrogens with zero attached hydrogens (tertiary/aromatic N) is 1. The van der Waals surface area contributed by atoms with Gasteiger partial charge in [0.05, 0.1) is 0 Å². The van der Waals surface area contributed by atoms with Gasteiger partial charge in [0.25, 0.3) is 0 Å². The predicted molar refractivity (Wildman–Crippen MR) is 68.5 cm³/mol. The predicted octanol–water partition coefficient (Wildman–Crippen LogP) is 2.49. The third kappa shape index (κ3) is 1.74. The molecule has 2 fully saturated rings. The normalized spacial score (nSPS) is 39.4. The Bertz CT molecular complexity index is 372. The summed E-state index contributed by atoms with van der Waals surface area (Å²) in [6.07, 6.45) is 3.77. The largest absolute Gasteiger partial charge is 0.350 e. The molecule has 0 aromatic heterocycles. The zero-order chi connectivity index (χ0) is 12.8. The second-order valence-corrected chi connectivity index (χ2v) is 6.47. The van der Waals surface area contributed by atoms with Crippen LogP contribution in [0.3, 0.4) is 0 Å². The number of rotatable bonds is 2. The number of amides is 2. The van der Waals surface area contributed by atoms with Crippen LogP contribution in [0.15, 0.2) is 5.10 Å². The number of urea groups is 1. The van der Waals surface area contributed by atoms with Gasteiger partial charge in [0.1, 0.15) is 0 Å². The number of nitrogens with one attached hydrogen (secondary N) is 1. The van der Waals surface area contributed by atoms with Gasteiger partial charge in [-0.25, -0.2) is 10.2 Å². The van der Waals surface area contributed by atoms with Crippen LogP contribution in [-0.4, -0.2) is 11.7 Å². The van der Waals surface area contributed by atoms with Crippen molar-refractivity contribution in [2.45, 2.75) is 47.0 Å². The van der Waals surface area contributed by atoms with Crippen molar-refractivity contribution in [1.82, 2.24) is 5.43 Å². The van der Waals surface area contributed by atoms with Gasteiger partial charge < -0.3 is 5.73 Å². The molecule has 2 aliphatic rings. The summed E-state index contributed by atoms with van der Waals surface area (Å²) in [5.41, 5.74) is 9.20. The van der Waals surface area contributed by atoms with Crippen molar-refractivity contribution in [1.29, 1.82) is 0 Å². The number of carbonyl (C=O) groups is 1. The molecule has 0 radical (unpaired) electrons. The maximum absolute atomic E-state index is 10.7. The number of hydrazone groups is 1. The second kappa shape index (κ2) is 3.72. The van der Waals surface area contributed by atoms with E-state index in [4.69, 9.17) is 5.73 Å². The van der Waals surface area contributed by atoms with Gasteiger partial charge in [-0.15, -0.1) is 0 Å². The van der Waals surface area contributed by atoms with E-state index >= 15 is 0 Å². The van der Waals surface area contributed by atoms with Crippen molar-refractivity contribution in [3.05, 3.63) is 0 Å². The van der Waals surface area contributed by atoms with Crippen LogP contribution in [-0.2, 0) is 0 Å². The van der Waals surface area contributed by atoms with Crippen molar-refractivity contribution in [3.8, 4) is 0 Å². The number of fused-ring (bicyclic) bond motifs is 2. The van der Waals surface area contributed by atoms with E-state index in [-0.39, 0.29) is 0 Å². The van der Waals surface area contributed by atoms with Crippen LogP contribution in [0.2, 0.25) is 0 Å². The van der Waals surface area contributed by atoms with Crippen LogP contribution in [0.5, 0.6) is 0 Å². The fourth-order valence-corrected chi connectivity index (χ4v) is 3.97. The minimum absolute atomic E-state index is 0.376. The van der Waals surface area contributed by atoms with E-state index in [0.717, 1.165) is 5.71 Å². The molecule has 96 valence electrons. The van der Waals surface area contributed by atoms with Crippen LogP contribution in [0, 0.1) is 22.7 Å². The van der Waals surface area contributed by atoms with E-state index in [2.05, 4.69) is 31.3 Å². The maximum atomic E-state index is 10.7. The van der Waals surface area contributed by atoms with Gasteiger partial charge in [0.2, 0.25) is 0 Å². The zero-order valence-corrected chi connectivity index (χ0v) is 11.2. The topological polar surface area (TPSA) is 67.5 Å². The first kappa shape index (κ1) is 12.4. The molecule has 0 aromatic carbocycles. The second-order valence-electron chi connectivity index (χ2n) is 6.47. The van der Waals surface area contributed by atoms with Gasteiger partial charge in [0.15, 0.2) is 0 Å². The number of hydrogen-bond donors (Lipinski definition) is 2. The molecule has 3 N–H and O–H groups in total. The maximum Gasteiger partial charge on any atom is 0.332 e. The summed E-state index contributed by atoms with van der Waals surface area (Å²) in [4.78, 5) is 10.7. The Hall–Kier alpha value is -1.06. The van der Waals surface area contributed by atoms with E-state index in [1.807, 2.05) is 6.92 Å². The van der Waals surface area contributed by atoms with Crippen LogP contribution in [0.4, 0.5) is 4.79 Å². The molecular weight excluding hydrogens is 214 g/mol. The first-order valence-corrected chi connectivity index (χ1v) is 6.37. The molecule has 2 amide bonds. The highest BCUT2D eigenvalue weighted by Crippen LogP contribution is 2.67. The third-order valence-electron chi connectivity index (χ3n) is 5.52. The molecule has 3 atom stereocenters. The molecule has 4 heteroatoms. The molecule has 0 saturated heterocycles. The molecule has 2 aliphatic carbocycles. The van der Waals surface area contributed by atoms with Gasteiger partial charge in [-0.3, -0.25) is 0 Å². The van der Waals surface area contributed by atoms with Crippen molar-refractivity contribution in [2.75, 3.05) is 0 Å². The van der Waals surface area contributed by atoms with Gasteiger partial charge in [0, 0.05) is 11.6 Å². The summed E-state index contributed by atoms with van der Waals surface area (Å²) < 4.78 is 0. The third-order valence-corrected chi connectivity index (χ3v) is 5.52. The Labute approximate surface area is 103 Å². The average molecular weight is 237 g/mol. The number of hydrogen-bond acceptors (Lipinski definition) is 2. The quantitative estimate of drug-likeness (QED) is 0.562. The smallest absolute Gasteiger partial charge is 0.332 e. The minimum atomic E-state index is -0.585. The number of nitrogens with two attached hydrogens (primary N) is 1. The van der Waals surface area contributed by atoms with E-state index < -0.39 is 6.03 Å². The van der Waals surface area contributed by atoms with Crippen molar-refractivity contribution in [2.24, 2.45) is 33.5 Å². The Morgan fingerprint density at radius 2 is 2.06 bits per heavy atom. The molecule has 17 heavy (non-hydrogen) atoms. The van der Waals surface area contributed by atoms with Gasteiger partial charge in [-0.2, -0.15) is 5.10 Å². The SMILES string of the molecule is CC(=NNC(N)=O)[C@H]1C[C@@]2(C)CC[C@@H]1C2(C)C. The van der Waals surface area contributed by atoms with E-state index in [1.54, 1.807) is 0 Å². The molecule has 2 rings (SSSR count). The Morgan fingerprint density at radius 3 is 2.47 bits per heavy atom. The standard InChI is InChI=1S/C13H23N3O/c1-8(15-16-11(14)17)9-7-13(4)6-5-10(9)12(13,2)3/h9-10H,5-7H2,1-4H3,(H3,14,16,17)/t9-,10+,13-/m1/s1. The monoisotopic (exact) mass is 237 g/mol. The fraction of sp³-hybridized carbons (Fsp3) is 0.846. The summed E-state index contributed by atoms with van der Waals surface area (Å²) in [5.74, 6) is 1.18. The van der Waals surface area contributed by atoms with Crippen molar-refractivity contribution in [3.63, 3.8) is 0 Å². The van der Waals surface area contributed by atoms with Crippen LogP contribution in [0.1, 0.15) is 47.0 Å². The molecule has 0 aromatic rings. The van der Waals surface area contributed by atoms with Crippen LogP contribution >= 0.6 is 0 Å². The highest BCUT2D eigenvalue weighted by atomic mass is 16.2. The Balaban J connectivity index is 2.16. The first-order chi connectivity index (χ1) is 7.78. The van der Waals surface area contributed by atoms with Gasteiger partial charge in [-0.05, 0) is 42.9 Å². The fourth-order valence-electron chi connectivity index (χ4n) is 3.97. The lowest BCUT2D eigenvalue weighted by Gasteiger charge is -2.34. The molecule has 0 unspecified atom stereocenters. The van der Waals surface area contributed by atoms with Gasteiger partial charge in [-0.1, -0.05) is 20.8 Å². The summed E-state index contributed by atoms with van der Waals surface area (Å²) in [7, 11) is 0. The molecular formula is C13H23N3O. The lowest BCUT2D eigenvalue weighted by Crippen LogP contribution is -2.29. The lowest BCUT2D eigenvalue weighted by molar-refractivity contribution is 0.152. The van der Waals surface area contributed by atoms with Crippen molar-refractivity contribution >= 4 is 11.7 Å². The summed E-state index contributed by atoms with van der Waals surface area (Å²) in [6.45, 7) is 9.14. The first-order valence-electron chi connectivity index (χ1n) is 6.37. The number of primary amides is 1. The van der Waals surface area contributed by atoms with E-state index in [0.29, 0.717) is 22.7 Å². The number of carbonyl (C=O) groups excluding carboxylic acids is 1. The molecule has 2 bridgehead atoms. The Morgan fingerprint density at radius 1 is 1.41 bits per heavy atom.